The fourth-order valence-corrected chi connectivity index (χ4v) is 1.34. The Hall–Kier alpha value is -0.610. The van der Waals surface area contributed by atoms with Crippen LogP contribution >= 0.6 is 0 Å². The molecule has 0 spiro atoms. The largest absolute Gasteiger partial charge is 0.481 e. The minimum absolute atomic E-state index is 0.114. The summed E-state index contributed by atoms with van der Waals surface area (Å²) in [5.74, 6) is -0.176. The second-order valence-corrected chi connectivity index (χ2v) is 3.31. The van der Waals surface area contributed by atoms with E-state index in [0.29, 0.717) is 19.1 Å². The molecule has 0 unspecified atom stereocenters. The number of carbonyl (C=O) groups is 1. The molecule has 0 amide bonds. The predicted octanol–water partition coefficient (Wildman–Crippen LogP) is 0.0393. The first-order valence-electron chi connectivity index (χ1n) is 4.16. The van der Waals surface area contributed by atoms with Gasteiger partial charge in [-0.15, -0.1) is 0 Å². The van der Waals surface area contributed by atoms with Crippen molar-refractivity contribution < 1.29 is 14.6 Å². The molecule has 1 aliphatic rings. The highest BCUT2D eigenvalue weighted by Crippen LogP contribution is 2.12. The van der Waals surface area contributed by atoms with Crippen LogP contribution in [0.2, 0.25) is 0 Å². The lowest BCUT2D eigenvalue weighted by molar-refractivity contribution is -0.138. The summed E-state index contributed by atoms with van der Waals surface area (Å²) in [4.78, 5) is 12.3. The third-order valence-corrected chi connectivity index (χ3v) is 1.95. The van der Waals surface area contributed by atoms with Gasteiger partial charge in [-0.2, -0.15) is 0 Å². The van der Waals surface area contributed by atoms with Crippen LogP contribution in [0.3, 0.4) is 0 Å². The lowest BCUT2D eigenvalue weighted by atomic mass is 10.0. The minimum atomic E-state index is -0.791. The molecule has 12 heavy (non-hydrogen) atoms. The zero-order valence-electron chi connectivity index (χ0n) is 7.32. The fourth-order valence-electron chi connectivity index (χ4n) is 1.34. The Bertz CT molecular complexity index is 154. The maximum absolute atomic E-state index is 10.1. The molecular weight excluding hydrogens is 158 g/mol. The van der Waals surface area contributed by atoms with E-state index in [2.05, 4.69) is 11.9 Å². The van der Waals surface area contributed by atoms with Crippen LogP contribution in [0.1, 0.15) is 6.42 Å². The molecule has 4 nitrogen and oxygen atoms in total. The smallest absolute Gasteiger partial charge is 0.305 e. The first kappa shape index (κ1) is 9.48. The zero-order chi connectivity index (χ0) is 8.97. The second kappa shape index (κ2) is 4.42. The maximum Gasteiger partial charge on any atom is 0.305 e. The normalized spacial score (nSPS) is 19.1. The van der Waals surface area contributed by atoms with Crippen LogP contribution in [0, 0.1) is 5.92 Å². The molecule has 1 rings (SSSR count). The summed E-state index contributed by atoms with van der Waals surface area (Å²) >= 11 is 0. The van der Waals surface area contributed by atoms with Crippen LogP contribution in [0.4, 0.5) is 0 Å². The second-order valence-electron chi connectivity index (χ2n) is 3.31. The first-order chi connectivity index (χ1) is 5.68. The van der Waals surface area contributed by atoms with E-state index in [4.69, 9.17) is 9.84 Å². The summed E-state index contributed by atoms with van der Waals surface area (Å²) in [5.41, 5.74) is 0. The van der Waals surface area contributed by atoms with E-state index >= 15 is 0 Å². The monoisotopic (exact) mass is 173 g/mol. The van der Waals surface area contributed by atoms with E-state index in [1.54, 1.807) is 0 Å². The maximum atomic E-state index is 10.1. The van der Waals surface area contributed by atoms with E-state index in [-0.39, 0.29) is 6.42 Å². The number of rotatable bonds is 5. The summed E-state index contributed by atoms with van der Waals surface area (Å²) in [7, 11) is 2.06. The van der Waals surface area contributed by atoms with E-state index in [1.165, 1.54) is 0 Å². The summed E-state index contributed by atoms with van der Waals surface area (Å²) in [6.45, 7) is 3.20. The van der Waals surface area contributed by atoms with Crippen LogP contribution in [0.25, 0.3) is 0 Å². The molecule has 0 atom stereocenters. The number of hydrogen-bond acceptors (Lipinski definition) is 3. The first-order valence-corrected chi connectivity index (χ1v) is 4.16. The van der Waals surface area contributed by atoms with Gasteiger partial charge in [0, 0.05) is 19.0 Å². The van der Waals surface area contributed by atoms with Crippen molar-refractivity contribution in [3.63, 3.8) is 0 Å². The topological polar surface area (TPSA) is 49.8 Å². The fraction of sp³-hybridized carbons (Fsp3) is 0.875. The van der Waals surface area contributed by atoms with Crippen molar-refractivity contribution >= 4 is 5.97 Å². The minimum Gasteiger partial charge on any atom is -0.481 e. The Labute approximate surface area is 72.1 Å². The molecular formula is C8H15NO3. The van der Waals surface area contributed by atoms with Crippen molar-refractivity contribution in [2.45, 2.75) is 6.42 Å². The predicted molar refractivity (Wildman–Crippen MR) is 44.1 cm³/mol. The van der Waals surface area contributed by atoms with Gasteiger partial charge in [0.25, 0.3) is 0 Å². The van der Waals surface area contributed by atoms with Crippen molar-refractivity contribution in [3.05, 3.63) is 0 Å². The number of aliphatic carboxylic acids is 1. The van der Waals surface area contributed by atoms with E-state index in [1.807, 2.05) is 0 Å². The van der Waals surface area contributed by atoms with Crippen LogP contribution in [0.5, 0.6) is 0 Å². The van der Waals surface area contributed by atoms with Gasteiger partial charge in [0.05, 0.1) is 19.6 Å². The van der Waals surface area contributed by atoms with Gasteiger partial charge in [0.2, 0.25) is 0 Å². The van der Waals surface area contributed by atoms with Gasteiger partial charge in [0.15, 0.2) is 0 Å². The van der Waals surface area contributed by atoms with E-state index in [9.17, 15) is 4.79 Å². The van der Waals surface area contributed by atoms with Crippen molar-refractivity contribution in [2.75, 3.05) is 33.4 Å². The number of likely N-dealkylation sites (tertiary alicyclic amines) is 1. The number of carboxylic acid groups (broad SMARTS) is 1. The summed E-state index contributed by atoms with van der Waals surface area (Å²) in [6, 6.07) is 0. The zero-order valence-corrected chi connectivity index (χ0v) is 7.32. The highest BCUT2D eigenvalue weighted by Gasteiger charge is 2.22. The summed E-state index contributed by atoms with van der Waals surface area (Å²) in [6.07, 6.45) is 0.114. The molecule has 0 radical (unpaired) electrons. The van der Waals surface area contributed by atoms with Gasteiger partial charge in [-0.05, 0) is 7.05 Å². The van der Waals surface area contributed by atoms with E-state index in [0.717, 1.165) is 13.1 Å². The van der Waals surface area contributed by atoms with Gasteiger partial charge in [-0.1, -0.05) is 0 Å². The molecule has 0 aromatic rings. The van der Waals surface area contributed by atoms with E-state index < -0.39 is 5.97 Å². The highest BCUT2D eigenvalue weighted by molar-refractivity contribution is 5.66. The van der Waals surface area contributed by atoms with Crippen molar-refractivity contribution in [2.24, 2.45) is 5.92 Å². The van der Waals surface area contributed by atoms with Gasteiger partial charge in [-0.3, -0.25) is 4.79 Å². The Morgan fingerprint density at radius 1 is 1.67 bits per heavy atom. The third kappa shape index (κ3) is 3.19. The summed E-state index contributed by atoms with van der Waals surface area (Å²) in [5, 5.41) is 8.30. The van der Waals surface area contributed by atoms with Crippen LogP contribution in [-0.2, 0) is 9.53 Å². The molecule has 4 heteroatoms. The third-order valence-electron chi connectivity index (χ3n) is 1.95. The molecule has 1 fully saturated rings. The highest BCUT2D eigenvalue weighted by atomic mass is 16.5. The SMILES string of the molecule is CN1CC(COCCC(=O)O)C1. The van der Waals surface area contributed by atoms with Gasteiger partial charge < -0.3 is 14.7 Å². The van der Waals surface area contributed by atoms with Gasteiger partial charge >= 0.3 is 5.97 Å². The average Bonchev–Trinajstić information content (AvgIpc) is 1.93. The van der Waals surface area contributed by atoms with Crippen LogP contribution < -0.4 is 0 Å². The average molecular weight is 173 g/mol. The Morgan fingerprint density at radius 3 is 2.83 bits per heavy atom. The molecule has 0 aromatic carbocycles. The molecule has 1 N–H and O–H groups in total. The number of ether oxygens (including phenoxy) is 1. The molecule has 0 saturated carbocycles. The number of hydrogen-bond donors (Lipinski definition) is 1. The van der Waals surface area contributed by atoms with Gasteiger partial charge in [-0.25, -0.2) is 0 Å². The van der Waals surface area contributed by atoms with Crippen molar-refractivity contribution in [3.8, 4) is 0 Å². The Morgan fingerprint density at radius 2 is 2.33 bits per heavy atom. The molecule has 1 saturated heterocycles. The van der Waals surface area contributed by atoms with Crippen LogP contribution in [-0.4, -0.2) is 49.3 Å². The van der Waals surface area contributed by atoms with Crippen LogP contribution in [0.15, 0.2) is 0 Å². The number of nitrogens with zero attached hydrogens (tertiary/aromatic N) is 1. The lowest BCUT2D eigenvalue weighted by Crippen LogP contribution is -2.45. The molecule has 70 valence electrons. The molecule has 0 bridgehead atoms. The molecule has 0 aromatic heterocycles. The Balaban J connectivity index is 1.87. The van der Waals surface area contributed by atoms with Gasteiger partial charge in [0.1, 0.15) is 0 Å². The lowest BCUT2D eigenvalue weighted by Gasteiger charge is -2.35. The quantitative estimate of drug-likeness (QED) is 0.596. The number of carboxylic acids is 1. The summed E-state index contributed by atoms with van der Waals surface area (Å²) < 4.78 is 5.19. The molecule has 1 heterocycles. The molecule has 0 aliphatic carbocycles. The van der Waals surface area contributed by atoms with Crippen molar-refractivity contribution in [1.82, 2.24) is 4.90 Å². The van der Waals surface area contributed by atoms with Crippen molar-refractivity contribution in [1.29, 1.82) is 0 Å². The Kier molecular flexibility index (Phi) is 3.49. The molecule has 1 aliphatic heterocycles. The standard InChI is InChI=1S/C8H15NO3/c1-9-4-7(5-9)6-12-3-2-8(10)11/h7H,2-6H2,1H3,(H,10,11).